The second-order valence-corrected chi connectivity index (χ2v) is 9.50. The van der Waals surface area contributed by atoms with Crippen molar-refractivity contribution in [3.05, 3.63) is 104 Å². The fraction of sp³-hybridized carbons (Fsp3) is 0.148. The van der Waals surface area contributed by atoms with E-state index in [1.165, 1.54) is 0 Å². The van der Waals surface area contributed by atoms with Crippen molar-refractivity contribution in [3.8, 4) is 0 Å². The quantitative estimate of drug-likeness (QED) is 0.219. The van der Waals surface area contributed by atoms with Crippen LogP contribution >= 0.6 is 46.4 Å². The molecule has 0 aliphatic carbocycles. The van der Waals surface area contributed by atoms with Crippen LogP contribution in [0.2, 0.25) is 10.0 Å². The van der Waals surface area contributed by atoms with Crippen LogP contribution in [0.1, 0.15) is 28.4 Å². The van der Waals surface area contributed by atoms with Crippen LogP contribution in [0.5, 0.6) is 0 Å². The maximum atomic E-state index is 13.0. The number of esters is 1. The maximum absolute atomic E-state index is 13.0. The molecule has 0 heterocycles. The SMILES string of the molecule is CCOC(=O)[C@H](Cc1ccc(NC(=O)c2c(Cl)cccc2Cl)cc1)NC(=O)C(=C(Cl)Cl)c1ccccc1. The summed E-state index contributed by atoms with van der Waals surface area (Å²) in [6, 6.07) is 19.2. The van der Waals surface area contributed by atoms with Crippen molar-refractivity contribution < 1.29 is 19.1 Å². The number of nitrogens with one attached hydrogen (secondary N) is 2. The summed E-state index contributed by atoms with van der Waals surface area (Å²) in [7, 11) is 0. The number of amides is 2. The summed E-state index contributed by atoms with van der Waals surface area (Å²) in [6.07, 6.45) is 0.122. The van der Waals surface area contributed by atoms with Crippen LogP contribution in [0, 0.1) is 0 Å². The predicted molar refractivity (Wildman–Crippen MR) is 148 cm³/mol. The molecule has 0 saturated heterocycles. The lowest BCUT2D eigenvalue weighted by Gasteiger charge is -2.19. The number of hydrogen-bond acceptors (Lipinski definition) is 4. The molecular weight excluding hydrogens is 558 g/mol. The van der Waals surface area contributed by atoms with Crippen molar-refractivity contribution in [1.29, 1.82) is 0 Å². The number of halogens is 4. The van der Waals surface area contributed by atoms with E-state index < -0.39 is 23.8 Å². The molecule has 10 heteroatoms. The fourth-order valence-electron chi connectivity index (χ4n) is 3.47. The van der Waals surface area contributed by atoms with Crippen LogP contribution in [-0.2, 0) is 20.7 Å². The molecule has 1 atom stereocenters. The minimum absolute atomic E-state index is 0.0366. The first-order valence-corrected chi connectivity index (χ1v) is 12.6. The Balaban J connectivity index is 1.76. The Hall–Kier alpha value is -3.03. The number of carbonyl (C=O) groups excluding carboxylic acids is 3. The van der Waals surface area contributed by atoms with Gasteiger partial charge >= 0.3 is 5.97 Å². The lowest BCUT2D eigenvalue weighted by Crippen LogP contribution is -2.43. The van der Waals surface area contributed by atoms with Gasteiger partial charge in [0.05, 0.1) is 27.8 Å². The Morgan fingerprint density at radius 3 is 2.05 bits per heavy atom. The molecule has 3 rings (SSSR count). The van der Waals surface area contributed by atoms with E-state index >= 15 is 0 Å². The van der Waals surface area contributed by atoms with Gasteiger partial charge in [0.2, 0.25) is 0 Å². The second-order valence-electron chi connectivity index (χ2n) is 7.73. The second kappa shape index (κ2) is 13.5. The van der Waals surface area contributed by atoms with Gasteiger partial charge < -0.3 is 15.4 Å². The van der Waals surface area contributed by atoms with Gasteiger partial charge in [-0.3, -0.25) is 9.59 Å². The molecule has 2 N–H and O–H groups in total. The zero-order chi connectivity index (χ0) is 26.9. The zero-order valence-corrected chi connectivity index (χ0v) is 22.6. The highest BCUT2D eigenvalue weighted by atomic mass is 35.5. The molecular formula is C27H22Cl4N2O4. The fourth-order valence-corrected chi connectivity index (χ4v) is 4.42. The molecule has 192 valence electrons. The van der Waals surface area contributed by atoms with Crippen LogP contribution in [-0.4, -0.2) is 30.4 Å². The number of ether oxygens (including phenoxy) is 1. The Bertz CT molecular complexity index is 1290. The number of benzene rings is 3. The molecule has 2 amide bonds. The third-order valence-corrected chi connectivity index (χ3v) is 6.20. The van der Waals surface area contributed by atoms with E-state index in [1.807, 2.05) is 0 Å². The van der Waals surface area contributed by atoms with Crippen molar-refractivity contribution in [2.45, 2.75) is 19.4 Å². The first-order valence-electron chi connectivity index (χ1n) is 11.1. The molecule has 0 spiro atoms. The number of rotatable bonds is 9. The first-order chi connectivity index (χ1) is 17.7. The molecule has 6 nitrogen and oxygen atoms in total. The van der Waals surface area contributed by atoms with Gasteiger partial charge in [0, 0.05) is 12.1 Å². The Morgan fingerprint density at radius 2 is 1.49 bits per heavy atom. The van der Waals surface area contributed by atoms with Crippen molar-refractivity contribution in [2.24, 2.45) is 0 Å². The summed E-state index contributed by atoms with van der Waals surface area (Å²) >= 11 is 24.2. The molecule has 0 aromatic heterocycles. The van der Waals surface area contributed by atoms with Gasteiger partial charge in [-0.1, -0.05) is 94.9 Å². The van der Waals surface area contributed by atoms with E-state index in [1.54, 1.807) is 79.7 Å². The lowest BCUT2D eigenvalue weighted by molar-refractivity contribution is -0.146. The summed E-state index contributed by atoms with van der Waals surface area (Å²) in [4.78, 5) is 38.3. The molecule has 0 aliphatic rings. The topological polar surface area (TPSA) is 84.5 Å². The van der Waals surface area contributed by atoms with E-state index in [2.05, 4.69) is 10.6 Å². The Kier molecular flexibility index (Phi) is 10.4. The number of anilines is 1. The van der Waals surface area contributed by atoms with Gasteiger partial charge in [-0.2, -0.15) is 0 Å². The normalized spacial score (nSPS) is 11.3. The molecule has 0 radical (unpaired) electrons. The van der Waals surface area contributed by atoms with E-state index in [4.69, 9.17) is 51.1 Å². The average Bonchev–Trinajstić information content (AvgIpc) is 2.85. The van der Waals surface area contributed by atoms with Crippen molar-refractivity contribution >= 4 is 75.4 Å². The number of hydrogen-bond donors (Lipinski definition) is 2. The Labute approximate surface area is 234 Å². The average molecular weight is 580 g/mol. The molecule has 0 aliphatic heterocycles. The minimum atomic E-state index is -1.01. The molecule has 0 fully saturated rings. The maximum Gasteiger partial charge on any atom is 0.328 e. The zero-order valence-electron chi connectivity index (χ0n) is 19.6. The summed E-state index contributed by atoms with van der Waals surface area (Å²) in [5.74, 6) is -1.69. The van der Waals surface area contributed by atoms with E-state index in [0.717, 1.165) is 0 Å². The van der Waals surface area contributed by atoms with Crippen LogP contribution in [0.25, 0.3) is 5.57 Å². The summed E-state index contributed by atoms with van der Waals surface area (Å²) < 4.78 is 4.92. The van der Waals surface area contributed by atoms with Gasteiger partial charge in [0.15, 0.2) is 0 Å². The predicted octanol–water partition coefficient (Wildman–Crippen LogP) is 6.68. The van der Waals surface area contributed by atoms with Gasteiger partial charge in [0.25, 0.3) is 11.8 Å². The molecule has 0 unspecified atom stereocenters. The smallest absolute Gasteiger partial charge is 0.328 e. The number of carbonyl (C=O) groups is 3. The highest BCUT2D eigenvalue weighted by Gasteiger charge is 2.26. The molecule has 0 saturated carbocycles. The molecule has 37 heavy (non-hydrogen) atoms. The van der Waals surface area contributed by atoms with Crippen molar-refractivity contribution in [2.75, 3.05) is 11.9 Å². The summed E-state index contributed by atoms with van der Waals surface area (Å²) in [5, 5.41) is 5.87. The van der Waals surface area contributed by atoms with Crippen molar-refractivity contribution in [3.63, 3.8) is 0 Å². The monoisotopic (exact) mass is 578 g/mol. The van der Waals surface area contributed by atoms with Crippen LogP contribution in [0.3, 0.4) is 0 Å². The largest absolute Gasteiger partial charge is 0.464 e. The van der Waals surface area contributed by atoms with Gasteiger partial charge in [-0.15, -0.1) is 0 Å². The molecule has 0 bridgehead atoms. The van der Waals surface area contributed by atoms with E-state index in [9.17, 15) is 14.4 Å². The van der Waals surface area contributed by atoms with Gasteiger partial charge in [-0.25, -0.2) is 4.79 Å². The third-order valence-electron chi connectivity index (χ3n) is 5.20. The Morgan fingerprint density at radius 1 is 0.865 bits per heavy atom. The lowest BCUT2D eigenvalue weighted by atomic mass is 10.0. The van der Waals surface area contributed by atoms with E-state index in [0.29, 0.717) is 16.8 Å². The standard InChI is InChI=1S/C27H22Cl4N2O4/c1-2-37-27(36)21(33-25(34)22(24(30)31)17-7-4-3-5-8-17)15-16-11-13-18(14-12-16)32-26(35)23-19(28)9-6-10-20(23)29/h3-14,21H,2,15H2,1H3,(H,32,35)(H,33,34)/t21-/m0/s1. The first kappa shape index (κ1) is 28.5. The summed E-state index contributed by atoms with van der Waals surface area (Å²) in [6.45, 7) is 1.81. The van der Waals surface area contributed by atoms with E-state index in [-0.39, 0.29) is 38.7 Å². The highest BCUT2D eigenvalue weighted by Crippen LogP contribution is 2.26. The summed E-state index contributed by atoms with van der Waals surface area (Å²) in [5.41, 5.74) is 1.90. The third kappa shape index (κ3) is 7.73. The minimum Gasteiger partial charge on any atom is -0.464 e. The van der Waals surface area contributed by atoms with Gasteiger partial charge in [0.1, 0.15) is 10.5 Å². The van der Waals surface area contributed by atoms with Crippen LogP contribution in [0.15, 0.2) is 77.3 Å². The van der Waals surface area contributed by atoms with Gasteiger partial charge in [-0.05, 0) is 42.3 Å². The van der Waals surface area contributed by atoms with Crippen LogP contribution < -0.4 is 10.6 Å². The van der Waals surface area contributed by atoms with Crippen LogP contribution in [0.4, 0.5) is 5.69 Å². The highest BCUT2D eigenvalue weighted by molar-refractivity contribution is 6.61. The molecule has 3 aromatic rings. The van der Waals surface area contributed by atoms with Crippen molar-refractivity contribution in [1.82, 2.24) is 5.32 Å². The molecule has 3 aromatic carbocycles.